The normalized spacial score (nSPS) is 17.8. The SMILES string of the molecule is Cc1cc2c(n1CC=O)CCC/C2=N/O. The summed E-state index contributed by atoms with van der Waals surface area (Å²) >= 11 is 0. The van der Waals surface area contributed by atoms with E-state index in [1.165, 1.54) is 0 Å². The van der Waals surface area contributed by atoms with E-state index in [0.717, 1.165) is 48.2 Å². The average molecular weight is 206 g/mol. The summed E-state index contributed by atoms with van der Waals surface area (Å²) in [5, 5.41) is 12.2. The molecular formula is C11H14N2O2. The van der Waals surface area contributed by atoms with Gasteiger partial charge in [-0.3, -0.25) is 0 Å². The fourth-order valence-electron chi connectivity index (χ4n) is 2.24. The van der Waals surface area contributed by atoms with Gasteiger partial charge >= 0.3 is 0 Å². The minimum atomic E-state index is 0.389. The van der Waals surface area contributed by atoms with Crippen molar-refractivity contribution in [1.82, 2.24) is 4.57 Å². The maximum atomic E-state index is 10.6. The number of aldehydes is 1. The van der Waals surface area contributed by atoms with Crippen LogP contribution < -0.4 is 0 Å². The van der Waals surface area contributed by atoms with Crippen LogP contribution in [0.3, 0.4) is 0 Å². The maximum Gasteiger partial charge on any atom is 0.139 e. The highest BCUT2D eigenvalue weighted by atomic mass is 16.4. The topological polar surface area (TPSA) is 54.6 Å². The van der Waals surface area contributed by atoms with Crippen molar-refractivity contribution < 1.29 is 10.0 Å². The Labute approximate surface area is 88.2 Å². The Morgan fingerprint density at radius 3 is 3.07 bits per heavy atom. The first-order valence-electron chi connectivity index (χ1n) is 5.12. The molecule has 2 rings (SSSR count). The minimum absolute atomic E-state index is 0.389. The molecule has 0 saturated carbocycles. The van der Waals surface area contributed by atoms with E-state index in [4.69, 9.17) is 5.21 Å². The van der Waals surface area contributed by atoms with Crippen LogP contribution in [0.4, 0.5) is 0 Å². The van der Waals surface area contributed by atoms with Gasteiger partial charge in [-0.25, -0.2) is 0 Å². The molecule has 1 N–H and O–H groups in total. The van der Waals surface area contributed by atoms with E-state index in [1.807, 2.05) is 17.6 Å². The molecule has 1 aliphatic carbocycles. The first-order valence-corrected chi connectivity index (χ1v) is 5.12. The standard InChI is InChI=1S/C11H14N2O2/c1-8-7-9-10(12-15)3-2-4-11(9)13(8)5-6-14/h6-7,15H,2-5H2,1H3/b12-10-. The van der Waals surface area contributed by atoms with Crippen LogP contribution in [0.5, 0.6) is 0 Å². The monoisotopic (exact) mass is 206 g/mol. The molecule has 0 unspecified atom stereocenters. The third-order valence-corrected chi connectivity index (χ3v) is 2.93. The maximum absolute atomic E-state index is 10.6. The van der Waals surface area contributed by atoms with E-state index in [2.05, 4.69) is 5.16 Å². The summed E-state index contributed by atoms with van der Waals surface area (Å²) in [6, 6.07) is 1.99. The molecule has 0 bridgehead atoms. The summed E-state index contributed by atoms with van der Waals surface area (Å²) in [5.74, 6) is 0. The summed E-state index contributed by atoms with van der Waals surface area (Å²) < 4.78 is 1.99. The number of hydrogen-bond donors (Lipinski definition) is 1. The van der Waals surface area contributed by atoms with Crippen LogP contribution in [-0.2, 0) is 17.8 Å². The van der Waals surface area contributed by atoms with Crippen LogP contribution in [0.2, 0.25) is 0 Å². The summed E-state index contributed by atoms with van der Waals surface area (Å²) in [7, 11) is 0. The third-order valence-electron chi connectivity index (χ3n) is 2.93. The molecule has 0 spiro atoms. The Hall–Kier alpha value is -1.58. The lowest BCUT2D eigenvalue weighted by molar-refractivity contribution is -0.108. The third kappa shape index (κ3) is 1.56. The molecule has 1 aromatic heterocycles. The van der Waals surface area contributed by atoms with Crippen LogP contribution in [0.25, 0.3) is 0 Å². The Kier molecular flexibility index (Phi) is 2.58. The zero-order valence-corrected chi connectivity index (χ0v) is 8.73. The molecule has 0 amide bonds. The van der Waals surface area contributed by atoms with Crippen molar-refractivity contribution in [3.8, 4) is 0 Å². The number of carbonyl (C=O) groups is 1. The van der Waals surface area contributed by atoms with Gasteiger partial charge < -0.3 is 14.6 Å². The lowest BCUT2D eigenvalue weighted by atomic mass is 9.96. The zero-order valence-electron chi connectivity index (χ0n) is 8.73. The fourth-order valence-corrected chi connectivity index (χ4v) is 2.24. The molecule has 0 atom stereocenters. The first kappa shape index (κ1) is 9.96. The highest BCUT2D eigenvalue weighted by molar-refractivity contribution is 6.02. The largest absolute Gasteiger partial charge is 0.411 e. The molecule has 15 heavy (non-hydrogen) atoms. The Morgan fingerprint density at radius 2 is 2.40 bits per heavy atom. The van der Waals surface area contributed by atoms with E-state index in [1.54, 1.807) is 0 Å². The molecule has 0 fully saturated rings. The summed E-state index contributed by atoms with van der Waals surface area (Å²) in [6.07, 6.45) is 3.65. The molecule has 4 heteroatoms. The molecule has 0 aromatic carbocycles. The minimum Gasteiger partial charge on any atom is -0.411 e. The summed E-state index contributed by atoms with van der Waals surface area (Å²) in [6.45, 7) is 2.36. The molecule has 4 nitrogen and oxygen atoms in total. The number of aryl methyl sites for hydroxylation is 1. The Balaban J connectivity index is 2.52. The van der Waals surface area contributed by atoms with Crippen molar-refractivity contribution >= 4 is 12.0 Å². The van der Waals surface area contributed by atoms with E-state index in [-0.39, 0.29) is 0 Å². The smallest absolute Gasteiger partial charge is 0.139 e. The lowest BCUT2D eigenvalue weighted by Gasteiger charge is -2.15. The van der Waals surface area contributed by atoms with E-state index in [9.17, 15) is 4.79 Å². The Bertz CT molecular complexity index is 418. The quantitative estimate of drug-likeness (QED) is 0.453. The number of aromatic nitrogens is 1. The number of carbonyl (C=O) groups excluding carboxylic acids is 1. The molecular weight excluding hydrogens is 192 g/mol. The van der Waals surface area contributed by atoms with E-state index < -0.39 is 0 Å². The highest BCUT2D eigenvalue weighted by Gasteiger charge is 2.21. The zero-order chi connectivity index (χ0) is 10.8. The molecule has 0 aliphatic heterocycles. The number of fused-ring (bicyclic) bond motifs is 1. The second-order valence-corrected chi connectivity index (χ2v) is 3.82. The van der Waals surface area contributed by atoms with Crippen LogP contribution in [0.1, 0.15) is 29.8 Å². The summed E-state index contributed by atoms with van der Waals surface area (Å²) in [4.78, 5) is 10.6. The predicted octanol–water partition coefficient (Wildman–Crippen LogP) is 1.51. The van der Waals surface area contributed by atoms with Gasteiger partial charge in [-0.05, 0) is 32.3 Å². The number of oxime groups is 1. The van der Waals surface area contributed by atoms with Crippen LogP contribution in [0, 0.1) is 6.92 Å². The number of hydrogen-bond acceptors (Lipinski definition) is 3. The van der Waals surface area contributed by atoms with Crippen molar-refractivity contribution in [2.75, 3.05) is 0 Å². The van der Waals surface area contributed by atoms with Gasteiger partial charge in [0.15, 0.2) is 0 Å². The van der Waals surface area contributed by atoms with Crippen LogP contribution in [0.15, 0.2) is 11.2 Å². The van der Waals surface area contributed by atoms with Crippen LogP contribution in [-0.4, -0.2) is 21.8 Å². The Morgan fingerprint density at radius 1 is 1.60 bits per heavy atom. The second kappa shape index (κ2) is 3.88. The van der Waals surface area contributed by atoms with Gasteiger partial charge in [0, 0.05) is 17.0 Å². The van der Waals surface area contributed by atoms with E-state index >= 15 is 0 Å². The molecule has 1 aromatic rings. The van der Waals surface area contributed by atoms with Gasteiger partial charge in [0.05, 0.1) is 12.3 Å². The highest BCUT2D eigenvalue weighted by Crippen LogP contribution is 2.25. The molecule has 0 radical (unpaired) electrons. The second-order valence-electron chi connectivity index (χ2n) is 3.82. The van der Waals surface area contributed by atoms with Crippen molar-refractivity contribution in [3.05, 3.63) is 23.0 Å². The van der Waals surface area contributed by atoms with Crippen molar-refractivity contribution in [2.45, 2.75) is 32.7 Å². The number of nitrogens with zero attached hydrogens (tertiary/aromatic N) is 2. The van der Waals surface area contributed by atoms with Gasteiger partial charge in [-0.15, -0.1) is 0 Å². The molecule has 1 aliphatic rings. The molecule has 0 saturated heterocycles. The van der Waals surface area contributed by atoms with Crippen LogP contribution >= 0.6 is 0 Å². The number of rotatable bonds is 2. The van der Waals surface area contributed by atoms with Crippen molar-refractivity contribution in [3.63, 3.8) is 0 Å². The predicted molar refractivity (Wildman–Crippen MR) is 56.5 cm³/mol. The lowest BCUT2D eigenvalue weighted by Crippen LogP contribution is -2.14. The van der Waals surface area contributed by atoms with Gasteiger partial charge in [-0.1, -0.05) is 5.16 Å². The molecule has 1 heterocycles. The summed E-state index contributed by atoms with van der Waals surface area (Å²) in [5.41, 5.74) is 3.92. The van der Waals surface area contributed by atoms with Crippen molar-refractivity contribution in [2.24, 2.45) is 5.16 Å². The van der Waals surface area contributed by atoms with Gasteiger partial charge in [-0.2, -0.15) is 0 Å². The van der Waals surface area contributed by atoms with Gasteiger partial charge in [0.2, 0.25) is 0 Å². The van der Waals surface area contributed by atoms with E-state index in [0.29, 0.717) is 6.54 Å². The molecule has 80 valence electrons. The van der Waals surface area contributed by atoms with Gasteiger partial charge in [0.1, 0.15) is 6.29 Å². The van der Waals surface area contributed by atoms with Crippen molar-refractivity contribution in [1.29, 1.82) is 0 Å². The van der Waals surface area contributed by atoms with Gasteiger partial charge in [0.25, 0.3) is 0 Å². The fraction of sp³-hybridized carbons (Fsp3) is 0.455. The average Bonchev–Trinajstić information content (AvgIpc) is 2.56. The first-order chi connectivity index (χ1) is 7.27.